The lowest BCUT2D eigenvalue weighted by atomic mass is 10.1. The first-order chi connectivity index (χ1) is 13.0. The quantitative estimate of drug-likeness (QED) is 0.719. The summed E-state index contributed by atoms with van der Waals surface area (Å²) in [6, 6.07) is 11.3. The second-order valence-electron chi connectivity index (χ2n) is 5.38. The fourth-order valence-corrected chi connectivity index (χ4v) is 2.34. The van der Waals surface area contributed by atoms with Crippen LogP contribution in [0, 0.1) is 0 Å². The van der Waals surface area contributed by atoms with E-state index in [1.807, 2.05) is 12.1 Å². The zero-order chi connectivity index (χ0) is 19.8. The van der Waals surface area contributed by atoms with Gasteiger partial charge in [0, 0.05) is 5.69 Å². The monoisotopic (exact) mass is 372 g/mol. The Morgan fingerprint density at radius 2 is 1.48 bits per heavy atom. The molecular formula is C19H20N2O6. The van der Waals surface area contributed by atoms with E-state index in [4.69, 9.17) is 4.74 Å². The van der Waals surface area contributed by atoms with Gasteiger partial charge in [0.15, 0.2) is 0 Å². The van der Waals surface area contributed by atoms with Gasteiger partial charge in [0.25, 0.3) is 0 Å². The van der Waals surface area contributed by atoms with Crippen molar-refractivity contribution in [3.05, 3.63) is 53.6 Å². The molecule has 0 fully saturated rings. The first kappa shape index (κ1) is 19.8. The Balaban J connectivity index is 2.14. The molecule has 27 heavy (non-hydrogen) atoms. The molecule has 2 N–H and O–H groups in total. The van der Waals surface area contributed by atoms with Crippen molar-refractivity contribution in [1.82, 2.24) is 0 Å². The van der Waals surface area contributed by atoms with Crippen molar-refractivity contribution in [3.8, 4) is 5.75 Å². The summed E-state index contributed by atoms with van der Waals surface area (Å²) >= 11 is 0. The summed E-state index contributed by atoms with van der Waals surface area (Å²) in [6.45, 7) is -0.0453. The van der Waals surface area contributed by atoms with Crippen molar-refractivity contribution < 1.29 is 28.6 Å². The summed E-state index contributed by atoms with van der Waals surface area (Å²) in [4.78, 5) is 35.8. The molecule has 142 valence electrons. The minimum absolute atomic E-state index is 0.0453. The first-order valence-electron chi connectivity index (χ1n) is 7.97. The molecule has 0 aliphatic carbocycles. The third-order valence-corrected chi connectivity index (χ3v) is 3.61. The second kappa shape index (κ2) is 9.23. The van der Waals surface area contributed by atoms with E-state index < -0.39 is 11.9 Å². The Labute approximate surface area is 156 Å². The van der Waals surface area contributed by atoms with Gasteiger partial charge < -0.3 is 24.8 Å². The molecule has 2 rings (SSSR count). The number of nitrogens with one attached hydrogen (secondary N) is 2. The highest BCUT2D eigenvalue weighted by Crippen LogP contribution is 2.23. The smallest absolute Gasteiger partial charge is 0.337 e. The summed E-state index contributed by atoms with van der Waals surface area (Å²) in [5.74, 6) is -1.04. The average Bonchev–Trinajstić information content (AvgIpc) is 2.70. The summed E-state index contributed by atoms with van der Waals surface area (Å²) in [6.07, 6.45) is 0. The summed E-state index contributed by atoms with van der Waals surface area (Å²) in [7, 11) is 3.98. The Morgan fingerprint density at radius 3 is 2.04 bits per heavy atom. The highest BCUT2D eigenvalue weighted by molar-refractivity contribution is 6.00. The van der Waals surface area contributed by atoms with Crippen LogP contribution in [0.3, 0.4) is 0 Å². The molecule has 0 saturated heterocycles. The minimum atomic E-state index is -0.636. The topological polar surface area (TPSA) is 103 Å². The minimum Gasteiger partial charge on any atom is -0.495 e. The second-order valence-corrected chi connectivity index (χ2v) is 5.38. The predicted octanol–water partition coefficient (Wildman–Crippen LogP) is 2.32. The molecule has 0 unspecified atom stereocenters. The van der Waals surface area contributed by atoms with Crippen LogP contribution in [0.2, 0.25) is 0 Å². The van der Waals surface area contributed by atoms with E-state index in [1.54, 1.807) is 12.1 Å². The van der Waals surface area contributed by atoms with Crippen molar-refractivity contribution >= 4 is 29.2 Å². The highest BCUT2D eigenvalue weighted by Gasteiger charge is 2.15. The third kappa shape index (κ3) is 5.21. The maximum Gasteiger partial charge on any atom is 0.337 e. The summed E-state index contributed by atoms with van der Waals surface area (Å²) < 4.78 is 14.5. The van der Waals surface area contributed by atoms with Crippen molar-refractivity contribution in [3.63, 3.8) is 0 Å². The van der Waals surface area contributed by atoms with Crippen LogP contribution in [0.4, 0.5) is 11.4 Å². The van der Waals surface area contributed by atoms with Gasteiger partial charge in [-0.25, -0.2) is 9.59 Å². The predicted molar refractivity (Wildman–Crippen MR) is 99.2 cm³/mol. The van der Waals surface area contributed by atoms with Crippen molar-refractivity contribution in [1.29, 1.82) is 0 Å². The lowest BCUT2D eigenvalue weighted by Crippen LogP contribution is -2.22. The fraction of sp³-hybridized carbons (Fsp3) is 0.211. The molecule has 2 aromatic carbocycles. The van der Waals surface area contributed by atoms with Crippen molar-refractivity contribution in [2.24, 2.45) is 0 Å². The standard InChI is InChI=1S/C19H20N2O6/c1-25-16-7-5-4-6-15(16)20-11-17(22)21-14-9-12(18(23)26-2)8-13(10-14)19(24)27-3/h4-10,20H,11H2,1-3H3,(H,21,22). The van der Waals surface area contributed by atoms with E-state index in [9.17, 15) is 14.4 Å². The molecule has 8 heteroatoms. The third-order valence-electron chi connectivity index (χ3n) is 3.61. The molecule has 0 aliphatic rings. The number of esters is 2. The van der Waals surface area contributed by atoms with Gasteiger partial charge in [-0.3, -0.25) is 4.79 Å². The van der Waals surface area contributed by atoms with Crippen LogP contribution in [0.25, 0.3) is 0 Å². The number of anilines is 2. The van der Waals surface area contributed by atoms with Crippen LogP contribution in [-0.4, -0.2) is 45.7 Å². The highest BCUT2D eigenvalue weighted by atomic mass is 16.5. The van der Waals surface area contributed by atoms with Gasteiger partial charge >= 0.3 is 11.9 Å². The zero-order valence-corrected chi connectivity index (χ0v) is 15.2. The molecule has 0 saturated carbocycles. The van der Waals surface area contributed by atoms with Gasteiger partial charge in [-0.1, -0.05) is 12.1 Å². The van der Waals surface area contributed by atoms with Gasteiger partial charge in [-0.05, 0) is 30.3 Å². The van der Waals surface area contributed by atoms with Crippen molar-refractivity contribution in [2.45, 2.75) is 0 Å². The number of carbonyl (C=O) groups excluding carboxylic acids is 3. The van der Waals surface area contributed by atoms with Crippen LogP contribution in [0.15, 0.2) is 42.5 Å². The largest absolute Gasteiger partial charge is 0.495 e. The van der Waals surface area contributed by atoms with E-state index in [-0.39, 0.29) is 29.3 Å². The molecular weight excluding hydrogens is 352 g/mol. The number of carbonyl (C=O) groups is 3. The van der Waals surface area contributed by atoms with Crippen LogP contribution >= 0.6 is 0 Å². The number of rotatable bonds is 7. The molecule has 0 bridgehead atoms. The van der Waals surface area contributed by atoms with E-state index in [1.165, 1.54) is 39.5 Å². The normalized spacial score (nSPS) is 9.89. The Hall–Kier alpha value is -3.55. The lowest BCUT2D eigenvalue weighted by molar-refractivity contribution is -0.114. The number of ether oxygens (including phenoxy) is 3. The molecule has 8 nitrogen and oxygen atoms in total. The van der Waals surface area contributed by atoms with E-state index in [0.717, 1.165) is 0 Å². The molecule has 1 amide bonds. The van der Waals surface area contributed by atoms with Crippen molar-refractivity contribution in [2.75, 3.05) is 38.5 Å². The lowest BCUT2D eigenvalue weighted by Gasteiger charge is -2.12. The molecule has 0 radical (unpaired) electrons. The molecule has 0 heterocycles. The van der Waals surface area contributed by atoms with Gasteiger partial charge in [-0.2, -0.15) is 0 Å². The number of methoxy groups -OCH3 is 3. The molecule has 0 aliphatic heterocycles. The molecule has 0 aromatic heterocycles. The van der Waals surface area contributed by atoms with Gasteiger partial charge in [0.05, 0.1) is 44.7 Å². The Bertz CT molecular complexity index is 816. The summed E-state index contributed by atoms with van der Waals surface area (Å²) in [5.41, 5.74) is 1.17. The first-order valence-corrected chi connectivity index (χ1v) is 7.97. The Morgan fingerprint density at radius 1 is 0.889 bits per heavy atom. The molecule has 0 atom stereocenters. The average molecular weight is 372 g/mol. The van der Waals surface area contributed by atoms with E-state index in [2.05, 4.69) is 20.1 Å². The number of para-hydroxylation sites is 2. The molecule has 2 aromatic rings. The fourth-order valence-electron chi connectivity index (χ4n) is 2.34. The van der Waals surface area contributed by atoms with Crippen LogP contribution < -0.4 is 15.4 Å². The number of amides is 1. The number of benzene rings is 2. The zero-order valence-electron chi connectivity index (χ0n) is 15.2. The van der Waals surface area contributed by atoms with Gasteiger partial charge in [0.2, 0.25) is 5.91 Å². The van der Waals surface area contributed by atoms with Gasteiger partial charge in [0.1, 0.15) is 5.75 Å². The van der Waals surface area contributed by atoms with E-state index in [0.29, 0.717) is 11.4 Å². The SMILES string of the molecule is COC(=O)c1cc(NC(=O)CNc2ccccc2OC)cc(C(=O)OC)c1. The summed E-state index contributed by atoms with van der Waals surface area (Å²) in [5, 5.41) is 5.59. The number of hydrogen-bond donors (Lipinski definition) is 2. The van der Waals surface area contributed by atoms with Crippen LogP contribution in [-0.2, 0) is 14.3 Å². The maximum absolute atomic E-state index is 12.2. The van der Waals surface area contributed by atoms with Crippen LogP contribution in [0.5, 0.6) is 5.75 Å². The number of hydrogen-bond acceptors (Lipinski definition) is 7. The van der Waals surface area contributed by atoms with E-state index >= 15 is 0 Å². The maximum atomic E-state index is 12.2. The Kier molecular flexibility index (Phi) is 6.76. The molecule has 0 spiro atoms. The van der Waals surface area contributed by atoms with Gasteiger partial charge in [-0.15, -0.1) is 0 Å². The van der Waals surface area contributed by atoms with Crippen LogP contribution in [0.1, 0.15) is 20.7 Å².